The first kappa shape index (κ1) is 24.8. The monoisotopic (exact) mass is 430 g/mol. The summed E-state index contributed by atoms with van der Waals surface area (Å²) in [4.78, 5) is 23.5. The zero-order valence-corrected chi connectivity index (χ0v) is 18.3. The van der Waals surface area contributed by atoms with Gasteiger partial charge in [-0.05, 0) is 24.6 Å². The van der Waals surface area contributed by atoms with Crippen molar-refractivity contribution < 1.29 is 19.1 Å². The lowest BCUT2D eigenvalue weighted by Crippen LogP contribution is -2.12. The molecular formula is C22H32Cl2O4. The minimum atomic E-state index is -0.519. The van der Waals surface area contributed by atoms with E-state index in [1.165, 1.54) is 63.5 Å². The Hall–Kier alpha value is -1.26. The number of halogens is 2. The van der Waals surface area contributed by atoms with Gasteiger partial charge in [0.05, 0.1) is 19.4 Å². The van der Waals surface area contributed by atoms with Gasteiger partial charge in [0, 0.05) is 10.0 Å². The number of benzene rings is 1. The van der Waals surface area contributed by atoms with Gasteiger partial charge in [-0.2, -0.15) is 0 Å². The van der Waals surface area contributed by atoms with Gasteiger partial charge in [-0.15, -0.1) is 0 Å². The SMILES string of the molecule is CCCCCCCCCCCCOC(=O)CCC(=O)Oc1cc(Cl)cc(Cl)c1. The van der Waals surface area contributed by atoms with Crippen molar-refractivity contribution in [1.82, 2.24) is 0 Å². The van der Waals surface area contributed by atoms with Crippen LogP contribution in [-0.4, -0.2) is 18.5 Å². The Kier molecular flexibility index (Phi) is 13.8. The molecule has 0 aliphatic heterocycles. The Bertz CT molecular complexity index is 570. The van der Waals surface area contributed by atoms with Crippen LogP contribution in [0.15, 0.2) is 18.2 Å². The van der Waals surface area contributed by atoms with Crippen molar-refractivity contribution in [3.63, 3.8) is 0 Å². The number of hydrogen-bond donors (Lipinski definition) is 0. The lowest BCUT2D eigenvalue weighted by atomic mass is 10.1. The standard InChI is InChI=1S/C22H32Cl2O4/c1-2-3-4-5-6-7-8-9-10-11-14-27-21(25)12-13-22(26)28-20-16-18(23)15-19(24)17-20/h15-17H,2-14H2,1H3. The summed E-state index contributed by atoms with van der Waals surface area (Å²) in [5.41, 5.74) is 0. The lowest BCUT2D eigenvalue weighted by Gasteiger charge is -2.06. The summed E-state index contributed by atoms with van der Waals surface area (Å²) in [7, 11) is 0. The van der Waals surface area contributed by atoms with Gasteiger partial charge >= 0.3 is 11.9 Å². The minimum Gasteiger partial charge on any atom is -0.466 e. The second-order valence-corrected chi connectivity index (χ2v) is 7.85. The Labute approximate surface area is 178 Å². The van der Waals surface area contributed by atoms with Gasteiger partial charge in [-0.25, -0.2) is 0 Å². The average molecular weight is 431 g/mol. The van der Waals surface area contributed by atoms with Crippen molar-refractivity contribution in [1.29, 1.82) is 0 Å². The van der Waals surface area contributed by atoms with Crippen LogP contribution in [0.4, 0.5) is 0 Å². The molecule has 0 aliphatic rings. The maximum absolute atomic E-state index is 11.8. The van der Waals surface area contributed by atoms with E-state index >= 15 is 0 Å². The van der Waals surface area contributed by atoms with E-state index in [4.69, 9.17) is 32.7 Å². The number of unbranched alkanes of at least 4 members (excludes halogenated alkanes) is 9. The molecule has 0 atom stereocenters. The zero-order chi connectivity index (χ0) is 20.6. The molecule has 158 valence electrons. The van der Waals surface area contributed by atoms with Gasteiger partial charge in [-0.1, -0.05) is 87.9 Å². The summed E-state index contributed by atoms with van der Waals surface area (Å²) < 4.78 is 10.3. The quantitative estimate of drug-likeness (QED) is 0.168. The first-order valence-electron chi connectivity index (χ1n) is 10.3. The lowest BCUT2D eigenvalue weighted by molar-refractivity contribution is -0.147. The second kappa shape index (κ2) is 15.6. The molecule has 4 nitrogen and oxygen atoms in total. The molecule has 0 saturated carbocycles. The summed E-state index contributed by atoms with van der Waals surface area (Å²) in [6.45, 7) is 2.64. The number of hydrogen-bond acceptors (Lipinski definition) is 4. The molecule has 0 spiro atoms. The van der Waals surface area contributed by atoms with Crippen molar-refractivity contribution in [2.45, 2.75) is 84.0 Å². The summed E-state index contributed by atoms with van der Waals surface area (Å²) in [6.07, 6.45) is 12.3. The number of carbonyl (C=O) groups excluding carboxylic acids is 2. The van der Waals surface area contributed by atoms with E-state index in [1.54, 1.807) is 6.07 Å². The molecule has 1 aromatic rings. The molecule has 0 aliphatic carbocycles. The largest absolute Gasteiger partial charge is 0.466 e. The van der Waals surface area contributed by atoms with Crippen LogP contribution >= 0.6 is 23.2 Å². The predicted molar refractivity (Wildman–Crippen MR) is 114 cm³/mol. The van der Waals surface area contributed by atoms with E-state index in [2.05, 4.69) is 6.92 Å². The van der Waals surface area contributed by atoms with Gasteiger partial charge < -0.3 is 9.47 Å². The zero-order valence-electron chi connectivity index (χ0n) is 16.8. The van der Waals surface area contributed by atoms with Crippen LogP contribution in [0, 0.1) is 0 Å². The van der Waals surface area contributed by atoms with Gasteiger partial charge in [0.2, 0.25) is 0 Å². The summed E-state index contributed by atoms with van der Waals surface area (Å²) in [6, 6.07) is 4.54. The van der Waals surface area contributed by atoms with E-state index in [1.807, 2.05) is 0 Å². The molecule has 28 heavy (non-hydrogen) atoms. The highest BCUT2D eigenvalue weighted by molar-refractivity contribution is 6.34. The number of esters is 2. The van der Waals surface area contributed by atoms with Gasteiger partial charge in [0.1, 0.15) is 5.75 Å². The van der Waals surface area contributed by atoms with Crippen LogP contribution in [0.25, 0.3) is 0 Å². The van der Waals surface area contributed by atoms with E-state index in [9.17, 15) is 9.59 Å². The molecule has 6 heteroatoms. The maximum Gasteiger partial charge on any atom is 0.311 e. The second-order valence-electron chi connectivity index (χ2n) is 6.98. The van der Waals surface area contributed by atoms with Crippen molar-refractivity contribution >= 4 is 35.1 Å². The summed E-state index contributed by atoms with van der Waals surface area (Å²) in [5.74, 6) is -0.632. The molecule has 0 heterocycles. The summed E-state index contributed by atoms with van der Waals surface area (Å²) in [5, 5.41) is 0.761. The molecule has 0 N–H and O–H groups in total. The fourth-order valence-electron chi connectivity index (χ4n) is 2.82. The molecule has 1 aromatic carbocycles. The highest BCUT2D eigenvalue weighted by Gasteiger charge is 2.11. The molecule has 0 radical (unpaired) electrons. The Morgan fingerprint density at radius 1 is 0.750 bits per heavy atom. The van der Waals surface area contributed by atoms with Gasteiger partial charge in [0.25, 0.3) is 0 Å². The van der Waals surface area contributed by atoms with Crippen LogP contribution in [0.1, 0.15) is 84.0 Å². The third-order valence-corrected chi connectivity index (χ3v) is 4.80. The maximum atomic E-state index is 11.8. The van der Waals surface area contributed by atoms with Crippen molar-refractivity contribution in [3.05, 3.63) is 28.2 Å². The Morgan fingerprint density at radius 3 is 1.82 bits per heavy atom. The van der Waals surface area contributed by atoms with Crippen LogP contribution in [0.2, 0.25) is 10.0 Å². The molecule has 0 amide bonds. The first-order valence-corrected chi connectivity index (χ1v) is 11.1. The molecular weight excluding hydrogens is 399 g/mol. The van der Waals surface area contributed by atoms with Crippen LogP contribution in [0.3, 0.4) is 0 Å². The minimum absolute atomic E-state index is 0.00485. The molecule has 0 aromatic heterocycles. The van der Waals surface area contributed by atoms with Crippen molar-refractivity contribution in [2.75, 3.05) is 6.61 Å². The Morgan fingerprint density at radius 2 is 1.25 bits per heavy atom. The molecule has 1 rings (SSSR count). The smallest absolute Gasteiger partial charge is 0.311 e. The highest BCUT2D eigenvalue weighted by atomic mass is 35.5. The van der Waals surface area contributed by atoms with E-state index < -0.39 is 5.97 Å². The van der Waals surface area contributed by atoms with Crippen molar-refractivity contribution in [3.8, 4) is 5.75 Å². The molecule has 0 bridgehead atoms. The molecule has 0 saturated heterocycles. The van der Waals surface area contributed by atoms with Crippen LogP contribution in [-0.2, 0) is 14.3 Å². The topological polar surface area (TPSA) is 52.6 Å². The highest BCUT2D eigenvalue weighted by Crippen LogP contribution is 2.24. The van der Waals surface area contributed by atoms with Crippen LogP contribution in [0.5, 0.6) is 5.75 Å². The fourth-order valence-corrected chi connectivity index (χ4v) is 3.33. The number of rotatable bonds is 15. The van der Waals surface area contributed by atoms with Crippen molar-refractivity contribution in [2.24, 2.45) is 0 Å². The molecule has 0 unspecified atom stereocenters. The molecule has 0 fully saturated rings. The average Bonchev–Trinajstić information content (AvgIpc) is 2.63. The van der Waals surface area contributed by atoms with Gasteiger partial charge in [0.15, 0.2) is 0 Å². The first-order chi connectivity index (χ1) is 13.5. The normalized spacial score (nSPS) is 10.7. The van der Waals surface area contributed by atoms with E-state index in [0.29, 0.717) is 16.7 Å². The Balaban J connectivity index is 1.99. The number of carbonyl (C=O) groups is 2. The third kappa shape index (κ3) is 13.0. The summed E-state index contributed by atoms with van der Waals surface area (Å²) >= 11 is 11.7. The van der Waals surface area contributed by atoms with Crippen LogP contribution < -0.4 is 4.74 Å². The van der Waals surface area contributed by atoms with E-state index in [-0.39, 0.29) is 24.6 Å². The third-order valence-electron chi connectivity index (χ3n) is 4.36. The van der Waals surface area contributed by atoms with E-state index in [0.717, 1.165) is 12.8 Å². The number of ether oxygens (including phenoxy) is 2. The fraction of sp³-hybridized carbons (Fsp3) is 0.636. The predicted octanol–water partition coefficient (Wildman–Crippen LogP) is 7.14. The van der Waals surface area contributed by atoms with Gasteiger partial charge in [-0.3, -0.25) is 9.59 Å².